The summed E-state index contributed by atoms with van der Waals surface area (Å²) in [4.78, 5) is 17.5. The Hall–Kier alpha value is -2.31. The van der Waals surface area contributed by atoms with Crippen LogP contribution in [0.1, 0.15) is 5.56 Å². The topological polar surface area (TPSA) is 88.6 Å². The van der Waals surface area contributed by atoms with Crippen molar-refractivity contribution in [1.82, 2.24) is 10.3 Å². The summed E-state index contributed by atoms with van der Waals surface area (Å²) < 4.78 is 36.5. The molecule has 4 aromatic rings. The fourth-order valence-electron chi connectivity index (χ4n) is 3.45. The number of hydrogen-bond acceptors (Lipinski definition) is 7. The van der Waals surface area contributed by atoms with Gasteiger partial charge in [-0.1, -0.05) is 57.5 Å². The second-order valence-corrected chi connectivity index (χ2v) is 13.4. The number of benzene rings is 3. The van der Waals surface area contributed by atoms with Crippen LogP contribution < -0.4 is 14.4 Å². The van der Waals surface area contributed by atoms with E-state index in [1.54, 1.807) is 29.5 Å². The smallest absolute Gasteiger partial charge is 0.264 e. The number of amides is 1. The van der Waals surface area contributed by atoms with E-state index >= 15 is 0 Å². The van der Waals surface area contributed by atoms with Crippen LogP contribution in [0, 0.1) is 6.92 Å². The number of rotatable bonds is 10. The molecule has 7 nitrogen and oxygen atoms in total. The number of nitrogens with one attached hydrogen (secondary N) is 1. The van der Waals surface area contributed by atoms with Gasteiger partial charge in [-0.2, -0.15) is 0 Å². The summed E-state index contributed by atoms with van der Waals surface area (Å²) in [6, 6.07) is 17.2. The summed E-state index contributed by atoms with van der Waals surface area (Å²) in [5.41, 5.74) is 2.00. The molecule has 0 atom stereocenters. The van der Waals surface area contributed by atoms with Gasteiger partial charge in [0.25, 0.3) is 10.0 Å². The fraction of sp³-hybridized carbons (Fsp3) is 0.200. The van der Waals surface area contributed by atoms with E-state index in [2.05, 4.69) is 26.2 Å². The van der Waals surface area contributed by atoms with Crippen molar-refractivity contribution in [3.05, 3.63) is 75.7 Å². The third-order valence-corrected chi connectivity index (χ3v) is 10.4. The zero-order valence-electron chi connectivity index (χ0n) is 19.9. The highest BCUT2D eigenvalue weighted by molar-refractivity contribution is 9.10. The molecule has 0 aliphatic carbocycles. The molecular formula is C25H23BrClN3O4S3. The Bertz CT molecular complexity index is 1510. The molecule has 0 bridgehead atoms. The molecule has 37 heavy (non-hydrogen) atoms. The largest absolute Gasteiger partial charge is 0.495 e. The fourth-order valence-corrected chi connectivity index (χ4v) is 7.59. The number of methoxy groups -OCH3 is 1. The average molecular weight is 641 g/mol. The molecule has 0 fully saturated rings. The number of nitrogens with zero attached hydrogens (tertiary/aromatic N) is 2. The van der Waals surface area contributed by atoms with Crippen LogP contribution in [0.4, 0.5) is 5.69 Å². The van der Waals surface area contributed by atoms with Crippen LogP contribution >= 0.6 is 50.6 Å². The second-order valence-electron chi connectivity index (χ2n) is 7.88. The lowest BCUT2D eigenvalue weighted by Gasteiger charge is -2.26. The third-order valence-electron chi connectivity index (χ3n) is 5.35. The number of hydrogen-bond donors (Lipinski definition) is 1. The molecule has 0 aliphatic rings. The summed E-state index contributed by atoms with van der Waals surface area (Å²) in [6.07, 6.45) is 0. The molecule has 12 heteroatoms. The average Bonchev–Trinajstić information content (AvgIpc) is 3.29. The Kier molecular flexibility index (Phi) is 9.02. The highest BCUT2D eigenvalue weighted by Gasteiger charge is 2.30. The molecule has 0 saturated heterocycles. The van der Waals surface area contributed by atoms with Crippen LogP contribution in [0.25, 0.3) is 10.2 Å². The van der Waals surface area contributed by atoms with Crippen LogP contribution in [0.2, 0.25) is 5.02 Å². The molecule has 3 aromatic carbocycles. The number of sulfonamides is 1. The molecule has 0 spiro atoms. The van der Waals surface area contributed by atoms with Crippen LogP contribution in [-0.4, -0.2) is 45.3 Å². The molecule has 1 N–H and O–H groups in total. The highest BCUT2D eigenvalue weighted by Crippen LogP contribution is 2.35. The molecule has 0 aliphatic heterocycles. The first-order chi connectivity index (χ1) is 17.7. The molecule has 1 heterocycles. The Morgan fingerprint density at radius 1 is 1.19 bits per heavy atom. The zero-order chi connectivity index (χ0) is 26.6. The number of halogens is 2. The molecule has 194 valence electrons. The predicted octanol–water partition coefficient (Wildman–Crippen LogP) is 6.13. The van der Waals surface area contributed by atoms with Gasteiger partial charge in [0.1, 0.15) is 12.3 Å². The molecular weight excluding hydrogens is 618 g/mol. The highest BCUT2D eigenvalue weighted by atomic mass is 79.9. The van der Waals surface area contributed by atoms with Crippen molar-refractivity contribution in [2.24, 2.45) is 0 Å². The number of carbonyl (C=O) groups is 1. The van der Waals surface area contributed by atoms with Crippen molar-refractivity contribution in [3.8, 4) is 5.75 Å². The summed E-state index contributed by atoms with van der Waals surface area (Å²) >= 11 is 12.7. The van der Waals surface area contributed by atoms with Crippen molar-refractivity contribution >= 4 is 82.5 Å². The number of aromatic nitrogens is 1. The van der Waals surface area contributed by atoms with Crippen molar-refractivity contribution < 1.29 is 17.9 Å². The number of para-hydroxylation sites is 1. The zero-order valence-corrected chi connectivity index (χ0v) is 24.7. The molecule has 0 saturated carbocycles. The lowest BCUT2D eigenvalue weighted by molar-refractivity contribution is -0.119. The first-order valence-corrected chi connectivity index (χ1v) is 15.5. The maximum atomic E-state index is 13.7. The van der Waals surface area contributed by atoms with Gasteiger partial charge in [-0.05, 0) is 55.0 Å². The first-order valence-electron chi connectivity index (χ1n) is 11.1. The molecule has 0 radical (unpaired) electrons. The molecule has 1 amide bonds. The lowest BCUT2D eigenvalue weighted by atomic mass is 10.2. The van der Waals surface area contributed by atoms with E-state index in [4.69, 9.17) is 16.3 Å². The van der Waals surface area contributed by atoms with Crippen LogP contribution in [0.3, 0.4) is 0 Å². The number of aryl methyl sites for hydroxylation is 1. The number of fused-ring (bicyclic) bond motifs is 1. The normalized spacial score (nSPS) is 11.5. The molecule has 1 aromatic heterocycles. The van der Waals surface area contributed by atoms with Crippen molar-refractivity contribution in [2.75, 3.05) is 30.3 Å². The maximum absolute atomic E-state index is 13.7. The van der Waals surface area contributed by atoms with Crippen LogP contribution in [-0.2, 0) is 14.8 Å². The van der Waals surface area contributed by atoms with E-state index in [0.717, 1.165) is 24.4 Å². The summed E-state index contributed by atoms with van der Waals surface area (Å²) in [7, 11) is -2.71. The van der Waals surface area contributed by atoms with Gasteiger partial charge in [-0.15, -0.1) is 11.3 Å². The monoisotopic (exact) mass is 639 g/mol. The van der Waals surface area contributed by atoms with Gasteiger partial charge in [-0.3, -0.25) is 9.10 Å². The van der Waals surface area contributed by atoms with E-state index in [-0.39, 0.29) is 16.3 Å². The van der Waals surface area contributed by atoms with Crippen LogP contribution in [0.15, 0.2) is 74.4 Å². The van der Waals surface area contributed by atoms with Crippen molar-refractivity contribution in [3.63, 3.8) is 0 Å². The maximum Gasteiger partial charge on any atom is 0.264 e. The number of ether oxygens (including phenoxy) is 1. The summed E-state index contributed by atoms with van der Waals surface area (Å²) in [5, 5.41) is 3.12. The summed E-state index contributed by atoms with van der Waals surface area (Å²) in [5.74, 6) is 0.406. The quantitative estimate of drug-likeness (QED) is 0.166. The molecule has 4 rings (SSSR count). The first kappa shape index (κ1) is 27.7. The van der Waals surface area contributed by atoms with Crippen molar-refractivity contribution in [1.29, 1.82) is 0 Å². The van der Waals surface area contributed by atoms with E-state index < -0.39 is 22.5 Å². The Balaban J connectivity index is 1.51. The van der Waals surface area contributed by atoms with E-state index in [0.29, 0.717) is 21.8 Å². The Labute approximate surface area is 237 Å². The minimum absolute atomic E-state index is 0.0335. The predicted molar refractivity (Wildman–Crippen MR) is 155 cm³/mol. The van der Waals surface area contributed by atoms with E-state index in [1.165, 1.54) is 37.1 Å². The van der Waals surface area contributed by atoms with Gasteiger partial charge in [0, 0.05) is 21.8 Å². The molecule has 0 unspecified atom stereocenters. The number of thiazole rings is 1. The van der Waals surface area contributed by atoms with Gasteiger partial charge in [0.05, 0.1) is 27.9 Å². The van der Waals surface area contributed by atoms with Gasteiger partial charge in [0.2, 0.25) is 5.91 Å². The van der Waals surface area contributed by atoms with Crippen molar-refractivity contribution in [2.45, 2.75) is 16.2 Å². The summed E-state index contributed by atoms with van der Waals surface area (Å²) in [6.45, 7) is 1.75. The number of thioether (sulfide) groups is 1. The minimum Gasteiger partial charge on any atom is -0.495 e. The number of carbonyl (C=O) groups excluding carboxylic acids is 1. The second kappa shape index (κ2) is 12.0. The third kappa shape index (κ3) is 6.58. The van der Waals surface area contributed by atoms with Gasteiger partial charge >= 0.3 is 0 Å². The van der Waals surface area contributed by atoms with Gasteiger partial charge in [0.15, 0.2) is 4.34 Å². The van der Waals surface area contributed by atoms with Gasteiger partial charge in [-0.25, -0.2) is 13.4 Å². The van der Waals surface area contributed by atoms with E-state index in [9.17, 15) is 13.2 Å². The minimum atomic E-state index is -4.14. The standard InChI is InChI=1S/C25H23BrClN3O4S3/c1-16-7-9-18(14-19(16)26)37(32,33)30(21-13-17(27)8-10-22(21)34-2)15-24(31)28-11-12-35-25-29-20-5-3-4-6-23(20)36-25/h3-10,13-14H,11-12,15H2,1-2H3,(H,28,31). The Morgan fingerprint density at radius 3 is 2.70 bits per heavy atom. The number of anilines is 1. The Morgan fingerprint density at radius 2 is 1.97 bits per heavy atom. The lowest BCUT2D eigenvalue weighted by Crippen LogP contribution is -2.41. The SMILES string of the molecule is COc1ccc(Cl)cc1N(CC(=O)NCCSc1nc2ccccc2s1)S(=O)(=O)c1ccc(C)c(Br)c1. The van der Waals surface area contributed by atoms with E-state index in [1.807, 2.05) is 31.2 Å². The van der Waals surface area contributed by atoms with Crippen LogP contribution in [0.5, 0.6) is 5.75 Å². The van der Waals surface area contributed by atoms with Gasteiger partial charge < -0.3 is 10.1 Å².